The van der Waals surface area contributed by atoms with Gasteiger partial charge in [-0.15, -0.1) is 0 Å². The van der Waals surface area contributed by atoms with E-state index in [1.165, 1.54) is 0 Å². The molecule has 0 bridgehead atoms. The van der Waals surface area contributed by atoms with Crippen LogP contribution in [0.2, 0.25) is 0 Å². The fourth-order valence-electron chi connectivity index (χ4n) is 2.81. The lowest BCUT2D eigenvalue weighted by atomic mass is 9.99. The molecule has 1 atom stereocenters. The molecule has 1 aromatic heterocycles. The SMILES string of the molecule is CC.CC(C)C[C@H](N)COc1cc2c(cc1Br)-c1ccncc1CO2. The maximum atomic E-state index is 6.10. The van der Waals surface area contributed by atoms with Gasteiger partial charge in [0.1, 0.15) is 24.7 Å². The van der Waals surface area contributed by atoms with Gasteiger partial charge < -0.3 is 15.2 Å². The molecule has 2 heterocycles. The van der Waals surface area contributed by atoms with Crippen LogP contribution in [0.3, 0.4) is 0 Å². The molecule has 3 rings (SSSR count). The molecule has 0 amide bonds. The number of fused-ring (bicyclic) bond motifs is 3. The van der Waals surface area contributed by atoms with Crippen molar-refractivity contribution in [3.05, 3.63) is 40.6 Å². The van der Waals surface area contributed by atoms with Gasteiger partial charge in [-0.25, -0.2) is 0 Å². The van der Waals surface area contributed by atoms with Crippen LogP contribution >= 0.6 is 15.9 Å². The first-order valence-electron chi connectivity index (χ1n) is 8.82. The summed E-state index contributed by atoms with van der Waals surface area (Å²) in [4.78, 5) is 4.15. The van der Waals surface area contributed by atoms with Gasteiger partial charge in [0, 0.05) is 35.6 Å². The summed E-state index contributed by atoms with van der Waals surface area (Å²) in [7, 11) is 0. The Bertz CT molecular complexity index is 704. The maximum absolute atomic E-state index is 6.10. The number of pyridine rings is 1. The van der Waals surface area contributed by atoms with Gasteiger partial charge in [-0.05, 0) is 46.0 Å². The molecule has 0 saturated carbocycles. The smallest absolute Gasteiger partial charge is 0.137 e. The first-order valence-corrected chi connectivity index (χ1v) is 9.62. The molecule has 5 heteroatoms. The summed E-state index contributed by atoms with van der Waals surface area (Å²) < 4.78 is 12.6. The predicted molar refractivity (Wildman–Crippen MR) is 106 cm³/mol. The van der Waals surface area contributed by atoms with Gasteiger partial charge in [-0.3, -0.25) is 4.98 Å². The third-order valence-electron chi connectivity index (χ3n) is 3.84. The Kier molecular flexibility index (Phi) is 7.26. The largest absolute Gasteiger partial charge is 0.491 e. The molecule has 1 aliphatic rings. The minimum Gasteiger partial charge on any atom is -0.491 e. The summed E-state index contributed by atoms with van der Waals surface area (Å²) in [6.45, 7) is 9.35. The molecule has 0 aliphatic carbocycles. The number of nitrogens with two attached hydrogens (primary N) is 1. The first kappa shape index (κ1) is 19.7. The zero-order chi connectivity index (χ0) is 18.4. The summed E-state index contributed by atoms with van der Waals surface area (Å²) in [5.41, 5.74) is 9.40. The van der Waals surface area contributed by atoms with Crippen molar-refractivity contribution in [1.82, 2.24) is 4.98 Å². The highest BCUT2D eigenvalue weighted by Crippen LogP contribution is 2.42. The van der Waals surface area contributed by atoms with Gasteiger partial charge in [0.25, 0.3) is 0 Å². The lowest BCUT2D eigenvalue weighted by Crippen LogP contribution is -2.29. The van der Waals surface area contributed by atoms with E-state index in [1.807, 2.05) is 38.2 Å². The lowest BCUT2D eigenvalue weighted by molar-refractivity contribution is 0.264. The highest BCUT2D eigenvalue weighted by molar-refractivity contribution is 9.10. The molecule has 0 unspecified atom stereocenters. The predicted octanol–water partition coefficient (Wildman–Crippen LogP) is 5.18. The standard InChI is InChI=1S/C18H21BrN2O2.C2H6/c1-11(2)5-13(20)10-23-18-7-17-15(6-16(18)19)14-3-4-21-8-12(14)9-22-17;1-2/h3-4,6-8,11,13H,5,9-10,20H2,1-2H3;1-2H3/t13-;/m0./s1. The van der Waals surface area contributed by atoms with Gasteiger partial charge >= 0.3 is 0 Å². The molecule has 1 aromatic carbocycles. The monoisotopic (exact) mass is 406 g/mol. The molecule has 1 aliphatic heterocycles. The van der Waals surface area contributed by atoms with Crippen LogP contribution in [0.5, 0.6) is 11.5 Å². The van der Waals surface area contributed by atoms with Crippen LogP contribution in [0, 0.1) is 5.92 Å². The van der Waals surface area contributed by atoms with Gasteiger partial charge in [0.2, 0.25) is 0 Å². The number of hydrogen-bond donors (Lipinski definition) is 1. The van der Waals surface area contributed by atoms with Crippen molar-refractivity contribution in [1.29, 1.82) is 0 Å². The zero-order valence-electron chi connectivity index (χ0n) is 15.4. The number of hydrogen-bond acceptors (Lipinski definition) is 4. The Labute approximate surface area is 158 Å². The third kappa shape index (κ3) is 4.95. The number of benzene rings is 1. The van der Waals surface area contributed by atoms with Crippen molar-refractivity contribution in [2.24, 2.45) is 11.7 Å². The minimum absolute atomic E-state index is 0.0330. The van der Waals surface area contributed by atoms with Crippen molar-refractivity contribution in [2.75, 3.05) is 6.61 Å². The zero-order valence-corrected chi connectivity index (χ0v) is 17.0. The number of rotatable bonds is 5. The Morgan fingerprint density at radius 3 is 2.76 bits per heavy atom. The van der Waals surface area contributed by atoms with E-state index in [-0.39, 0.29) is 6.04 Å². The summed E-state index contributed by atoms with van der Waals surface area (Å²) in [6, 6.07) is 6.02. The Hall–Kier alpha value is -1.59. The second-order valence-corrected chi connectivity index (χ2v) is 7.16. The van der Waals surface area contributed by atoms with Gasteiger partial charge in [-0.2, -0.15) is 0 Å². The second-order valence-electron chi connectivity index (χ2n) is 6.30. The van der Waals surface area contributed by atoms with Gasteiger partial charge in [-0.1, -0.05) is 27.7 Å². The second kappa shape index (κ2) is 9.20. The quantitative estimate of drug-likeness (QED) is 0.742. The van der Waals surface area contributed by atoms with Crippen LogP contribution in [0.4, 0.5) is 0 Å². The van der Waals surface area contributed by atoms with E-state index >= 15 is 0 Å². The van der Waals surface area contributed by atoms with Crippen LogP contribution in [0.15, 0.2) is 35.1 Å². The number of halogens is 1. The molecular formula is C20H27BrN2O2. The third-order valence-corrected chi connectivity index (χ3v) is 4.46. The number of nitrogens with zero attached hydrogens (tertiary/aromatic N) is 1. The van der Waals surface area contributed by atoms with Gasteiger partial charge in [0.05, 0.1) is 4.47 Å². The summed E-state index contributed by atoms with van der Waals surface area (Å²) in [5.74, 6) is 2.16. The molecule has 4 nitrogen and oxygen atoms in total. The fraction of sp³-hybridized carbons (Fsp3) is 0.450. The molecule has 0 spiro atoms. The number of ether oxygens (including phenoxy) is 2. The Morgan fingerprint density at radius 2 is 2.04 bits per heavy atom. The Balaban J connectivity index is 0.00000109. The molecule has 0 radical (unpaired) electrons. The van der Waals surface area contributed by atoms with E-state index in [9.17, 15) is 0 Å². The summed E-state index contributed by atoms with van der Waals surface area (Å²) >= 11 is 3.59. The average molecular weight is 407 g/mol. The van der Waals surface area contributed by atoms with E-state index < -0.39 is 0 Å². The van der Waals surface area contributed by atoms with Crippen LogP contribution in [-0.4, -0.2) is 17.6 Å². The van der Waals surface area contributed by atoms with Crippen LogP contribution in [0.25, 0.3) is 11.1 Å². The average Bonchev–Trinajstić information content (AvgIpc) is 2.61. The normalized spacial score (nSPS) is 13.1. The van der Waals surface area contributed by atoms with E-state index in [0.29, 0.717) is 19.1 Å². The molecule has 0 saturated heterocycles. The van der Waals surface area contributed by atoms with Crippen LogP contribution in [-0.2, 0) is 6.61 Å². The van der Waals surface area contributed by atoms with Crippen LogP contribution < -0.4 is 15.2 Å². The van der Waals surface area contributed by atoms with Gasteiger partial charge in [0.15, 0.2) is 0 Å². The maximum Gasteiger partial charge on any atom is 0.137 e. The van der Waals surface area contributed by atoms with E-state index in [2.05, 4.69) is 34.8 Å². The molecule has 2 N–H and O–H groups in total. The minimum atomic E-state index is 0.0330. The topological polar surface area (TPSA) is 57.4 Å². The summed E-state index contributed by atoms with van der Waals surface area (Å²) in [6.07, 6.45) is 4.60. The molecular weight excluding hydrogens is 380 g/mol. The molecule has 25 heavy (non-hydrogen) atoms. The highest BCUT2D eigenvalue weighted by Gasteiger charge is 2.20. The van der Waals surface area contributed by atoms with Crippen molar-refractivity contribution in [2.45, 2.75) is 46.8 Å². The fourth-order valence-corrected chi connectivity index (χ4v) is 3.26. The molecule has 136 valence electrons. The van der Waals surface area contributed by atoms with E-state index in [0.717, 1.165) is 39.1 Å². The first-order chi connectivity index (χ1) is 12.0. The summed E-state index contributed by atoms with van der Waals surface area (Å²) in [5, 5.41) is 0. The molecule has 2 aromatic rings. The van der Waals surface area contributed by atoms with Crippen molar-refractivity contribution in [3.63, 3.8) is 0 Å². The lowest BCUT2D eigenvalue weighted by Gasteiger charge is -2.22. The Morgan fingerprint density at radius 1 is 1.28 bits per heavy atom. The van der Waals surface area contributed by atoms with E-state index in [4.69, 9.17) is 15.2 Å². The van der Waals surface area contributed by atoms with Crippen molar-refractivity contribution in [3.8, 4) is 22.6 Å². The number of aromatic nitrogens is 1. The van der Waals surface area contributed by atoms with E-state index in [1.54, 1.807) is 6.20 Å². The van der Waals surface area contributed by atoms with Crippen molar-refractivity contribution >= 4 is 15.9 Å². The highest BCUT2D eigenvalue weighted by atomic mass is 79.9. The molecule has 0 fully saturated rings. The van der Waals surface area contributed by atoms with Crippen LogP contribution in [0.1, 0.15) is 39.7 Å². The van der Waals surface area contributed by atoms with Crippen molar-refractivity contribution < 1.29 is 9.47 Å².